The zero-order chi connectivity index (χ0) is 9.97. The lowest BCUT2D eigenvalue weighted by Crippen LogP contribution is -1.97. The maximum Gasteiger partial charge on any atom is 0.183 e. The normalized spacial score (nSPS) is 10.4. The monoisotopic (exact) mass is 272 g/mol. The molecule has 0 fully saturated rings. The molecule has 0 unspecified atom stereocenters. The van der Waals surface area contributed by atoms with Crippen LogP contribution in [0.5, 0.6) is 0 Å². The van der Waals surface area contributed by atoms with Gasteiger partial charge in [0.15, 0.2) is 5.13 Å². The van der Waals surface area contributed by atoms with Gasteiger partial charge in [-0.3, -0.25) is 4.68 Å². The van der Waals surface area contributed by atoms with Gasteiger partial charge in [-0.1, -0.05) is 11.3 Å². The molecule has 0 aliphatic carbocycles. The number of rotatable bonds is 3. The summed E-state index contributed by atoms with van der Waals surface area (Å²) in [5.74, 6) is 0. The summed E-state index contributed by atoms with van der Waals surface area (Å²) >= 11 is 4.94. The van der Waals surface area contributed by atoms with Gasteiger partial charge in [0, 0.05) is 25.4 Å². The lowest BCUT2D eigenvalue weighted by molar-refractivity contribution is 0.767. The lowest BCUT2D eigenvalue weighted by atomic mass is 10.4. The molecule has 0 amide bonds. The topological polar surface area (TPSA) is 42.7 Å². The zero-order valence-corrected chi connectivity index (χ0v) is 9.97. The summed E-state index contributed by atoms with van der Waals surface area (Å²) in [4.78, 5) is 4.17. The number of hydrogen-bond donors (Lipinski definition) is 1. The van der Waals surface area contributed by atoms with Crippen molar-refractivity contribution in [2.75, 3.05) is 5.32 Å². The Balaban J connectivity index is 1.94. The van der Waals surface area contributed by atoms with Gasteiger partial charge < -0.3 is 5.32 Å². The second kappa shape index (κ2) is 4.10. The highest BCUT2D eigenvalue weighted by atomic mass is 79.9. The molecule has 0 saturated carbocycles. The molecule has 2 aromatic rings. The molecule has 2 heterocycles. The molecule has 4 nitrogen and oxygen atoms in total. The van der Waals surface area contributed by atoms with Crippen LogP contribution in [0, 0.1) is 0 Å². The van der Waals surface area contributed by atoms with Crippen LogP contribution in [-0.4, -0.2) is 14.8 Å². The smallest absolute Gasteiger partial charge is 0.183 e. The fourth-order valence-electron chi connectivity index (χ4n) is 1.08. The molecular weight excluding hydrogens is 264 g/mol. The second-order valence-corrected chi connectivity index (χ2v) is 5.26. The summed E-state index contributed by atoms with van der Waals surface area (Å²) in [6.07, 6.45) is 5.61. The lowest BCUT2D eigenvalue weighted by Gasteiger charge is -1.97. The van der Waals surface area contributed by atoms with Crippen LogP contribution in [0.3, 0.4) is 0 Å². The minimum absolute atomic E-state index is 0.758. The molecule has 74 valence electrons. The Morgan fingerprint density at radius 3 is 3.00 bits per heavy atom. The van der Waals surface area contributed by atoms with E-state index in [2.05, 4.69) is 31.3 Å². The van der Waals surface area contributed by atoms with Crippen molar-refractivity contribution in [3.63, 3.8) is 0 Å². The Morgan fingerprint density at radius 2 is 2.43 bits per heavy atom. The van der Waals surface area contributed by atoms with E-state index in [1.807, 2.05) is 19.4 Å². The average molecular weight is 273 g/mol. The Morgan fingerprint density at radius 1 is 1.57 bits per heavy atom. The van der Waals surface area contributed by atoms with Crippen LogP contribution in [0.4, 0.5) is 5.13 Å². The van der Waals surface area contributed by atoms with E-state index in [9.17, 15) is 0 Å². The zero-order valence-electron chi connectivity index (χ0n) is 7.57. The van der Waals surface area contributed by atoms with Crippen molar-refractivity contribution in [2.45, 2.75) is 6.54 Å². The van der Waals surface area contributed by atoms with Crippen LogP contribution in [0.15, 0.2) is 22.4 Å². The Hall–Kier alpha value is -0.880. The highest BCUT2D eigenvalue weighted by Crippen LogP contribution is 2.23. The molecule has 0 spiro atoms. The summed E-state index contributed by atoms with van der Waals surface area (Å²) in [7, 11) is 1.91. The average Bonchev–Trinajstić information content (AvgIpc) is 2.72. The highest BCUT2D eigenvalue weighted by Gasteiger charge is 1.99. The van der Waals surface area contributed by atoms with Gasteiger partial charge in [-0.15, -0.1) is 0 Å². The third kappa shape index (κ3) is 2.33. The van der Waals surface area contributed by atoms with Gasteiger partial charge >= 0.3 is 0 Å². The van der Waals surface area contributed by atoms with E-state index < -0.39 is 0 Å². The Bertz CT molecular complexity index is 382. The number of hydrogen-bond acceptors (Lipinski definition) is 4. The van der Waals surface area contributed by atoms with E-state index in [1.165, 1.54) is 0 Å². The van der Waals surface area contributed by atoms with Gasteiger partial charge in [0.1, 0.15) is 0 Å². The Kier molecular flexibility index (Phi) is 2.83. The first-order chi connectivity index (χ1) is 6.74. The summed E-state index contributed by atoms with van der Waals surface area (Å²) in [5.41, 5.74) is 1.15. The first-order valence-electron chi connectivity index (χ1n) is 4.07. The van der Waals surface area contributed by atoms with Crippen molar-refractivity contribution < 1.29 is 0 Å². The number of aromatic nitrogens is 3. The molecule has 2 rings (SSSR count). The quantitative estimate of drug-likeness (QED) is 0.932. The van der Waals surface area contributed by atoms with Gasteiger partial charge in [-0.25, -0.2) is 4.98 Å². The first-order valence-corrected chi connectivity index (χ1v) is 5.68. The van der Waals surface area contributed by atoms with Gasteiger partial charge in [0.05, 0.1) is 16.2 Å². The largest absolute Gasteiger partial charge is 0.357 e. The second-order valence-electron chi connectivity index (χ2n) is 2.85. The maximum atomic E-state index is 4.17. The molecule has 2 aromatic heterocycles. The SMILES string of the molecule is Cn1cc(CNc2ncc(Br)s2)cn1. The molecule has 14 heavy (non-hydrogen) atoms. The number of nitrogens with one attached hydrogen (secondary N) is 1. The minimum Gasteiger partial charge on any atom is -0.357 e. The van der Waals surface area contributed by atoms with Crippen LogP contribution in [0.25, 0.3) is 0 Å². The van der Waals surface area contributed by atoms with Gasteiger partial charge in [-0.05, 0) is 15.9 Å². The molecule has 0 atom stereocenters. The number of halogens is 1. The predicted octanol–water partition coefficient (Wildman–Crippen LogP) is 2.25. The molecule has 6 heteroatoms. The van der Waals surface area contributed by atoms with E-state index in [-0.39, 0.29) is 0 Å². The van der Waals surface area contributed by atoms with Crippen molar-refractivity contribution in [2.24, 2.45) is 7.05 Å². The van der Waals surface area contributed by atoms with E-state index in [4.69, 9.17) is 0 Å². The van der Waals surface area contributed by atoms with E-state index in [0.717, 1.165) is 21.0 Å². The summed E-state index contributed by atoms with van der Waals surface area (Å²) in [5, 5.41) is 8.22. The van der Waals surface area contributed by atoms with Crippen molar-refractivity contribution in [1.29, 1.82) is 0 Å². The van der Waals surface area contributed by atoms with Crippen molar-refractivity contribution in [1.82, 2.24) is 14.8 Å². The molecular formula is C8H9BrN4S. The number of aryl methyl sites for hydroxylation is 1. The summed E-state index contributed by atoms with van der Waals surface area (Å²) in [6.45, 7) is 0.758. The molecule has 0 aliphatic rings. The third-order valence-electron chi connectivity index (χ3n) is 1.68. The van der Waals surface area contributed by atoms with Gasteiger partial charge in [-0.2, -0.15) is 5.10 Å². The number of nitrogens with zero attached hydrogens (tertiary/aromatic N) is 3. The molecule has 0 bridgehead atoms. The molecule has 0 radical (unpaired) electrons. The van der Waals surface area contributed by atoms with Crippen LogP contribution in [0.2, 0.25) is 0 Å². The first kappa shape index (κ1) is 9.67. The molecule has 1 N–H and O–H groups in total. The third-order valence-corrected chi connectivity index (χ3v) is 3.11. The van der Waals surface area contributed by atoms with E-state index in [0.29, 0.717) is 0 Å². The standard InChI is InChI=1S/C8H9BrN4S/c1-13-5-6(3-12-13)2-10-8-11-4-7(9)14-8/h3-5H,2H2,1H3,(H,10,11). The maximum absolute atomic E-state index is 4.17. The molecule has 0 aliphatic heterocycles. The summed E-state index contributed by atoms with van der Waals surface area (Å²) in [6, 6.07) is 0. The molecule has 0 aromatic carbocycles. The fraction of sp³-hybridized carbons (Fsp3) is 0.250. The van der Waals surface area contributed by atoms with Crippen molar-refractivity contribution in [3.05, 3.63) is 27.9 Å². The van der Waals surface area contributed by atoms with Gasteiger partial charge in [0.25, 0.3) is 0 Å². The fourth-order valence-corrected chi connectivity index (χ4v) is 2.18. The van der Waals surface area contributed by atoms with Crippen LogP contribution < -0.4 is 5.32 Å². The van der Waals surface area contributed by atoms with Crippen LogP contribution in [0.1, 0.15) is 5.56 Å². The van der Waals surface area contributed by atoms with Crippen LogP contribution >= 0.6 is 27.3 Å². The number of anilines is 1. The van der Waals surface area contributed by atoms with E-state index >= 15 is 0 Å². The predicted molar refractivity (Wildman–Crippen MR) is 60.3 cm³/mol. The van der Waals surface area contributed by atoms with E-state index in [1.54, 1.807) is 22.2 Å². The summed E-state index contributed by atoms with van der Waals surface area (Å²) < 4.78 is 2.82. The van der Waals surface area contributed by atoms with Gasteiger partial charge in [0.2, 0.25) is 0 Å². The van der Waals surface area contributed by atoms with Crippen LogP contribution in [-0.2, 0) is 13.6 Å². The van der Waals surface area contributed by atoms with Crippen molar-refractivity contribution in [3.8, 4) is 0 Å². The Labute approximate surface area is 94.1 Å². The molecule has 0 saturated heterocycles. The number of thiazole rings is 1. The van der Waals surface area contributed by atoms with Crippen molar-refractivity contribution >= 4 is 32.4 Å². The highest BCUT2D eigenvalue weighted by molar-refractivity contribution is 9.11. The minimum atomic E-state index is 0.758.